The van der Waals surface area contributed by atoms with Crippen molar-refractivity contribution in [2.24, 2.45) is 0 Å². The van der Waals surface area contributed by atoms with Crippen LogP contribution in [0.4, 0.5) is 0 Å². The highest BCUT2D eigenvalue weighted by molar-refractivity contribution is 9.10. The van der Waals surface area contributed by atoms with Gasteiger partial charge in [0.05, 0.1) is 19.7 Å². The number of halogens is 1. The third-order valence-electron chi connectivity index (χ3n) is 1.91. The van der Waals surface area contributed by atoms with E-state index in [1.165, 1.54) is 0 Å². The fourth-order valence-electron chi connectivity index (χ4n) is 1.07. The number of carbonyl (C=O) groups excluding carboxylic acids is 1. The molecule has 0 bridgehead atoms. The zero-order valence-corrected chi connectivity index (χ0v) is 11.5. The Balaban J connectivity index is 2.13. The molecular formula is C10H15BrN2O2S. The number of thiophene rings is 1. The summed E-state index contributed by atoms with van der Waals surface area (Å²) in [5.74, 6) is -0.00333. The maximum absolute atomic E-state index is 11.4. The number of amides is 1. The molecule has 1 rings (SSSR count). The van der Waals surface area contributed by atoms with E-state index in [2.05, 4.69) is 26.6 Å². The third kappa shape index (κ3) is 5.07. The highest BCUT2D eigenvalue weighted by Crippen LogP contribution is 2.21. The number of carbonyl (C=O) groups is 1. The highest BCUT2D eigenvalue weighted by atomic mass is 79.9. The van der Waals surface area contributed by atoms with E-state index in [1.807, 2.05) is 11.4 Å². The van der Waals surface area contributed by atoms with Gasteiger partial charge in [-0.3, -0.25) is 4.79 Å². The Labute approximate surface area is 108 Å². The first-order valence-corrected chi connectivity index (χ1v) is 6.59. The van der Waals surface area contributed by atoms with Crippen LogP contribution in [0.5, 0.6) is 0 Å². The minimum Gasteiger partial charge on any atom is -0.383 e. The Hall–Kier alpha value is -0.430. The monoisotopic (exact) mass is 306 g/mol. The molecule has 1 heterocycles. The predicted octanol–water partition coefficient (Wildman–Crippen LogP) is 1.36. The van der Waals surface area contributed by atoms with Gasteiger partial charge in [-0.25, -0.2) is 0 Å². The maximum atomic E-state index is 11.4. The molecular weight excluding hydrogens is 292 g/mol. The van der Waals surface area contributed by atoms with E-state index in [-0.39, 0.29) is 5.91 Å². The smallest absolute Gasteiger partial charge is 0.234 e. The van der Waals surface area contributed by atoms with Gasteiger partial charge in [-0.15, -0.1) is 11.3 Å². The Morgan fingerprint density at radius 3 is 3.06 bits per heavy atom. The summed E-state index contributed by atoms with van der Waals surface area (Å²) >= 11 is 5.04. The summed E-state index contributed by atoms with van der Waals surface area (Å²) < 4.78 is 5.91. The van der Waals surface area contributed by atoms with Crippen LogP contribution in [0.3, 0.4) is 0 Å². The number of methoxy groups -OCH3 is 1. The fraction of sp³-hybridized carbons (Fsp3) is 0.500. The second-order valence-corrected chi connectivity index (χ2v) is 4.99. The van der Waals surface area contributed by atoms with Gasteiger partial charge >= 0.3 is 0 Å². The standard InChI is InChI=1S/C10H15BrN2O2S/c1-15-4-3-12-7-10(14)13-6-9-8(11)2-5-16-9/h2,5,12H,3-4,6-7H2,1H3,(H,13,14). The number of rotatable bonds is 7. The van der Waals surface area contributed by atoms with Gasteiger partial charge in [0.25, 0.3) is 0 Å². The fourth-order valence-corrected chi connectivity index (χ4v) is 2.50. The lowest BCUT2D eigenvalue weighted by atomic mass is 10.4. The van der Waals surface area contributed by atoms with E-state index in [0.717, 1.165) is 9.35 Å². The SMILES string of the molecule is COCCNCC(=O)NCc1sccc1Br. The lowest BCUT2D eigenvalue weighted by molar-refractivity contribution is -0.120. The van der Waals surface area contributed by atoms with Crippen molar-refractivity contribution < 1.29 is 9.53 Å². The topological polar surface area (TPSA) is 50.4 Å². The average Bonchev–Trinajstić information content (AvgIpc) is 2.67. The van der Waals surface area contributed by atoms with Crippen molar-refractivity contribution in [3.05, 3.63) is 20.8 Å². The molecule has 0 saturated heterocycles. The van der Waals surface area contributed by atoms with Gasteiger partial charge in [-0.1, -0.05) is 0 Å². The average molecular weight is 307 g/mol. The predicted molar refractivity (Wildman–Crippen MR) is 68.6 cm³/mol. The molecule has 0 saturated carbocycles. The molecule has 0 atom stereocenters. The molecule has 0 aromatic carbocycles. The molecule has 0 unspecified atom stereocenters. The zero-order chi connectivity index (χ0) is 11.8. The van der Waals surface area contributed by atoms with Gasteiger partial charge in [0.2, 0.25) is 5.91 Å². The molecule has 0 aliphatic heterocycles. The molecule has 16 heavy (non-hydrogen) atoms. The van der Waals surface area contributed by atoms with Crippen LogP contribution in [-0.2, 0) is 16.1 Å². The Bertz CT molecular complexity index is 330. The first-order chi connectivity index (χ1) is 7.74. The van der Waals surface area contributed by atoms with Gasteiger partial charge in [0, 0.05) is 23.0 Å². The minimum absolute atomic E-state index is 0.00333. The molecule has 1 aromatic heterocycles. The van der Waals surface area contributed by atoms with Crippen LogP contribution < -0.4 is 10.6 Å². The second-order valence-electron chi connectivity index (χ2n) is 3.14. The van der Waals surface area contributed by atoms with E-state index in [9.17, 15) is 4.79 Å². The van der Waals surface area contributed by atoms with Crippen LogP contribution in [0, 0.1) is 0 Å². The molecule has 2 N–H and O–H groups in total. The van der Waals surface area contributed by atoms with E-state index in [1.54, 1.807) is 18.4 Å². The number of ether oxygens (including phenoxy) is 1. The minimum atomic E-state index is -0.00333. The van der Waals surface area contributed by atoms with Crippen molar-refractivity contribution in [1.82, 2.24) is 10.6 Å². The van der Waals surface area contributed by atoms with Crippen LogP contribution in [-0.4, -0.2) is 32.7 Å². The molecule has 6 heteroatoms. The first kappa shape index (κ1) is 13.6. The van der Waals surface area contributed by atoms with Gasteiger partial charge in [0.15, 0.2) is 0 Å². The van der Waals surface area contributed by atoms with Crippen LogP contribution in [0.1, 0.15) is 4.88 Å². The van der Waals surface area contributed by atoms with Crippen molar-refractivity contribution >= 4 is 33.2 Å². The molecule has 1 amide bonds. The maximum Gasteiger partial charge on any atom is 0.234 e. The normalized spacial score (nSPS) is 10.4. The Morgan fingerprint density at radius 2 is 2.44 bits per heavy atom. The van der Waals surface area contributed by atoms with Crippen molar-refractivity contribution in [2.45, 2.75) is 6.54 Å². The third-order valence-corrected chi connectivity index (χ3v) is 3.83. The number of nitrogens with one attached hydrogen (secondary N) is 2. The molecule has 0 fully saturated rings. The van der Waals surface area contributed by atoms with Gasteiger partial charge in [0.1, 0.15) is 0 Å². The summed E-state index contributed by atoms with van der Waals surface area (Å²) in [6.07, 6.45) is 0. The summed E-state index contributed by atoms with van der Waals surface area (Å²) in [6, 6.07) is 1.98. The summed E-state index contributed by atoms with van der Waals surface area (Å²) in [6.45, 7) is 2.20. The highest BCUT2D eigenvalue weighted by Gasteiger charge is 2.04. The van der Waals surface area contributed by atoms with Crippen LogP contribution >= 0.6 is 27.3 Å². The number of hydrogen-bond donors (Lipinski definition) is 2. The van der Waals surface area contributed by atoms with Crippen LogP contribution in [0.15, 0.2) is 15.9 Å². The van der Waals surface area contributed by atoms with Crippen molar-refractivity contribution in [3.63, 3.8) is 0 Å². The molecule has 0 aliphatic carbocycles. The Morgan fingerprint density at radius 1 is 1.62 bits per heavy atom. The number of hydrogen-bond acceptors (Lipinski definition) is 4. The molecule has 1 aromatic rings. The lowest BCUT2D eigenvalue weighted by Gasteiger charge is -2.05. The van der Waals surface area contributed by atoms with Crippen LogP contribution in [0.25, 0.3) is 0 Å². The zero-order valence-electron chi connectivity index (χ0n) is 9.09. The van der Waals surface area contributed by atoms with Crippen molar-refractivity contribution in [2.75, 3.05) is 26.8 Å². The van der Waals surface area contributed by atoms with E-state index >= 15 is 0 Å². The first-order valence-electron chi connectivity index (χ1n) is 4.92. The van der Waals surface area contributed by atoms with E-state index in [4.69, 9.17) is 4.74 Å². The molecule has 0 aliphatic rings. The largest absolute Gasteiger partial charge is 0.383 e. The molecule has 0 spiro atoms. The molecule has 4 nitrogen and oxygen atoms in total. The van der Waals surface area contributed by atoms with Crippen molar-refractivity contribution in [1.29, 1.82) is 0 Å². The quantitative estimate of drug-likeness (QED) is 0.748. The van der Waals surface area contributed by atoms with Gasteiger partial charge in [-0.05, 0) is 27.4 Å². The van der Waals surface area contributed by atoms with E-state index < -0.39 is 0 Å². The molecule has 0 radical (unpaired) electrons. The van der Waals surface area contributed by atoms with Gasteiger partial charge in [-0.2, -0.15) is 0 Å². The Kier molecular flexibility index (Phi) is 6.63. The van der Waals surface area contributed by atoms with Crippen LogP contribution in [0.2, 0.25) is 0 Å². The molecule has 90 valence electrons. The lowest BCUT2D eigenvalue weighted by Crippen LogP contribution is -2.34. The van der Waals surface area contributed by atoms with E-state index in [0.29, 0.717) is 26.2 Å². The summed E-state index contributed by atoms with van der Waals surface area (Å²) in [4.78, 5) is 12.5. The summed E-state index contributed by atoms with van der Waals surface area (Å²) in [5.41, 5.74) is 0. The van der Waals surface area contributed by atoms with Gasteiger partial charge < -0.3 is 15.4 Å². The van der Waals surface area contributed by atoms with Crippen molar-refractivity contribution in [3.8, 4) is 0 Å². The summed E-state index contributed by atoms with van der Waals surface area (Å²) in [7, 11) is 1.63. The summed E-state index contributed by atoms with van der Waals surface area (Å²) in [5, 5.41) is 7.81. The second kappa shape index (κ2) is 7.78.